The smallest absolute Gasteiger partial charge is 0.0868 e. The molecule has 11 heavy (non-hydrogen) atoms. The summed E-state index contributed by atoms with van der Waals surface area (Å²) >= 11 is 0. The van der Waals surface area contributed by atoms with Crippen LogP contribution in [0.15, 0.2) is 30.5 Å². The zero-order valence-corrected chi connectivity index (χ0v) is 6.46. The van der Waals surface area contributed by atoms with Crippen LogP contribution in [0.1, 0.15) is 18.1 Å². The van der Waals surface area contributed by atoms with E-state index in [1.54, 1.807) is 0 Å². The van der Waals surface area contributed by atoms with Gasteiger partial charge in [-0.1, -0.05) is 24.3 Å². The van der Waals surface area contributed by atoms with Crippen molar-refractivity contribution in [1.29, 1.82) is 0 Å². The van der Waals surface area contributed by atoms with Gasteiger partial charge in [-0.05, 0) is 30.3 Å². The first-order valence-electron chi connectivity index (χ1n) is 3.74. The number of fused-ring (bicyclic) bond motifs is 1. The molecule has 1 radical (unpaired) electrons. The molecular weight excluding hydrogens is 134 g/mol. The summed E-state index contributed by atoms with van der Waals surface area (Å²) in [7, 11) is 0. The third-order valence-electron chi connectivity index (χ3n) is 1.93. The Bertz CT molecular complexity index is 289. The quantitative estimate of drug-likeness (QED) is 0.588. The van der Waals surface area contributed by atoms with Crippen LogP contribution in [0, 0.1) is 6.04 Å². The van der Waals surface area contributed by atoms with Crippen molar-refractivity contribution in [2.75, 3.05) is 0 Å². The van der Waals surface area contributed by atoms with Crippen LogP contribution in [0.2, 0.25) is 0 Å². The van der Waals surface area contributed by atoms with E-state index in [4.69, 9.17) is 0 Å². The van der Waals surface area contributed by atoms with Gasteiger partial charge in [-0.15, -0.1) is 0 Å². The minimum absolute atomic E-state index is 1.23. The van der Waals surface area contributed by atoms with Crippen molar-refractivity contribution in [1.82, 2.24) is 5.32 Å². The Morgan fingerprint density at radius 1 is 1.18 bits per heavy atom. The van der Waals surface area contributed by atoms with E-state index in [1.807, 2.05) is 6.20 Å². The van der Waals surface area contributed by atoms with Crippen molar-refractivity contribution in [3.05, 3.63) is 47.6 Å². The Hall–Kier alpha value is -1.24. The van der Waals surface area contributed by atoms with Crippen LogP contribution in [0.5, 0.6) is 0 Å². The van der Waals surface area contributed by atoms with Crippen LogP contribution < -0.4 is 5.32 Å². The van der Waals surface area contributed by atoms with Gasteiger partial charge in [0.1, 0.15) is 0 Å². The van der Waals surface area contributed by atoms with Gasteiger partial charge < -0.3 is 5.32 Å². The molecule has 0 bridgehead atoms. The summed E-state index contributed by atoms with van der Waals surface area (Å²) in [5.74, 6) is 0. The van der Waals surface area contributed by atoms with Crippen molar-refractivity contribution in [3.63, 3.8) is 0 Å². The molecule has 0 aliphatic carbocycles. The monoisotopic (exact) mass is 144 g/mol. The summed E-state index contributed by atoms with van der Waals surface area (Å²) in [6.45, 7) is 2.09. The van der Waals surface area contributed by atoms with Gasteiger partial charge in [0, 0.05) is 0 Å². The molecular formula is C10H10N. The van der Waals surface area contributed by atoms with Crippen LogP contribution in [-0.2, 0) is 0 Å². The van der Waals surface area contributed by atoms with Gasteiger partial charge in [0.05, 0.1) is 6.04 Å². The highest BCUT2D eigenvalue weighted by molar-refractivity contribution is 5.60. The molecule has 0 saturated carbocycles. The second kappa shape index (κ2) is 2.42. The molecule has 1 heterocycles. The summed E-state index contributed by atoms with van der Waals surface area (Å²) in [4.78, 5) is 0. The molecule has 0 unspecified atom stereocenters. The van der Waals surface area contributed by atoms with Crippen LogP contribution in [0.3, 0.4) is 0 Å². The lowest BCUT2D eigenvalue weighted by Gasteiger charge is -2.17. The van der Waals surface area contributed by atoms with E-state index < -0.39 is 0 Å². The third-order valence-corrected chi connectivity index (χ3v) is 1.93. The van der Waals surface area contributed by atoms with Crippen molar-refractivity contribution in [2.24, 2.45) is 0 Å². The Morgan fingerprint density at radius 3 is 2.82 bits per heavy atom. The fraction of sp³-hybridized carbons (Fsp3) is 0.100. The van der Waals surface area contributed by atoms with E-state index in [2.05, 4.69) is 42.6 Å². The molecule has 0 amide bonds. The van der Waals surface area contributed by atoms with Crippen LogP contribution in [-0.4, -0.2) is 0 Å². The molecule has 0 aromatic heterocycles. The Labute approximate surface area is 66.7 Å². The standard InChI is InChI=1S/C10H10N/c1-8-10-5-3-2-4-9(10)6-7-11-8/h2-7,11H,1H3. The molecule has 2 rings (SSSR count). The molecule has 0 spiro atoms. The molecule has 55 valence electrons. The maximum absolute atomic E-state index is 3.17. The first-order chi connectivity index (χ1) is 5.38. The predicted molar refractivity (Wildman–Crippen MR) is 46.6 cm³/mol. The predicted octanol–water partition coefficient (Wildman–Crippen LogP) is 2.16. The fourth-order valence-corrected chi connectivity index (χ4v) is 1.32. The molecule has 0 fully saturated rings. The van der Waals surface area contributed by atoms with Crippen molar-refractivity contribution < 1.29 is 0 Å². The lowest BCUT2D eigenvalue weighted by Crippen LogP contribution is -2.16. The largest absolute Gasteiger partial charge is 0.379 e. The molecule has 1 aromatic rings. The average molecular weight is 144 g/mol. The summed E-state index contributed by atoms with van der Waals surface area (Å²) in [5.41, 5.74) is 2.60. The van der Waals surface area contributed by atoms with Crippen molar-refractivity contribution in [3.8, 4) is 0 Å². The number of benzene rings is 1. The van der Waals surface area contributed by atoms with Gasteiger partial charge >= 0.3 is 0 Å². The van der Waals surface area contributed by atoms with E-state index in [0.717, 1.165) is 0 Å². The number of rotatable bonds is 0. The Kier molecular flexibility index (Phi) is 1.42. The summed E-state index contributed by atoms with van der Waals surface area (Å²) in [6, 6.07) is 9.59. The minimum atomic E-state index is 1.23. The average Bonchev–Trinajstić information content (AvgIpc) is 2.06. The molecule has 0 atom stereocenters. The number of hydrogen-bond donors (Lipinski definition) is 1. The van der Waals surface area contributed by atoms with E-state index >= 15 is 0 Å². The normalized spacial score (nSPS) is 15.7. The summed E-state index contributed by atoms with van der Waals surface area (Å²) < 4.78 is 0. The molecule has 0 saturated heterocycles. The lowest BCUT2D eigenvalue weighted by molar-refractivity contribution is 0.903. The van der Waals surface area contributed by atoms with E-state index in [1.165, 1.54) is 17.2 Å². The fourth-order valence-electron chi connectivity index (χ4n) is 1.32. The van der Waals surface area contributed by atoms with Gasteiger partial charge in [-0.3, -0.25) is 0 Å². The first-order valence-corrected chi connectivity index (χ1v) is 3.74. The maximum atomic E-state index is 3.17. The van der Waals surface area contributed by atoms with E-state index in [0.29, 0.717) is 0 Å². The number of hydrogen-bond acceptors (Lipinski definition) is 1. The number of nitrogens with one attached hydrogen (secondary N) is 1. The molecule has 1 N–H and O–H groups in total. The topological polar surface area (TPSA) is 12.0 Å². The van der Waals surface area contributed by atoms with Crippen LogP contribution in [0.25, 0.3) is 6.08 Å². The second-order valence-corrected chi connectivity index (χ2v) is 2.69. The molecule has 1 heteroatoms. The zero-order valence-electron chi connectivity index (χ0n) is 6.46. The summed E-state index contributed by atoms with van der Waals surface area (Å²) in [6.07, 6.45) is 4.06. The van der Waals surface area contributed by atoms with Crippen molar-refractivity contribution in [2.45, 2.75) is 6.92 Å². The highest BCUT2D eigenvalue weighted by atomic mass is 14.9. The molecule has 1 nitrogen and oxygen atoms in total. The lowest BCUT2D eigenvalue weighted by atomic mass is 9.99. The van der Waals surface area contributed by atoms with Gasteiger partial charge in [-0.25, -0.2) is 0 Å². The minimum Gasteiger partial charge on any atom is -0.379 e. The van der Waals surface area contributed by atoms with E-state index in [-0.39, 0.29) is 0 Å². The highest BCUT2D eigenvalue weighted by Gasteiger charge is 2.10. The van der Waals surface area contributed by atoms with E-state index in [9.17, 15) is 0 Å². The van der Waals surface area contributed by atoms with Crippen molar-refractivity contribution >= 4 is 6.08 Å². The molecule has 1 aromatic carbocycles. The van der Waals surface area contributed by atoms with Gasteiger partial charge in [-0.2, -0.15) is 0 Å². The van der Waals surface area contributed by atoms with Gasteiger partial charge in [0.25, 0.3) is 0 Å². The third kappa shape index (κ3) is 1.03. The van der Waals surface area contributed by atoms with Crippen LogP contribution >= 0.6 is 0 Å². The molecule has 1 aliphatic heterocycles. The van der Waals surface area contributed by atoms with Gasteiger partial charge in [0.15, 0.2) is 0 Å². The molecule has 1 aliphatic rings. The highest BCUT2D eigenvalue weighted by Crippen LogP contribution is 2.21. The SMILES string of the molecule is C[C]1NC=Cc2ccccc21. The first kappa shape index (κ1) is 6.47. The Morgan fingerprint density at radius 2 is 2.00 bits per heavy atom. The van der Waals surface area contributed by atoms with Gasteiger partial charge in [0.2, 0.25) is 0 Å². The Balaban J connectivity index is 2.54. The second-order valence-electron chi connectivity index (χ2n) is 2.69. The summed E-state index contributed by atoms with van der Waals surface area (Å²) in [5, 5.41) is 3.17. The van der Waals surface area contributed by atoms with Crippen LogP contribution in [0.4, 0.5) is 0 Å². The zero-order chi connectivity index (χ0) is 7.68. The maximum Gasteiger partial charge on any atom is 0.0868 e.